The van der Waals surface area contributed by atoms with Gasteiger partial charge in [-0.1, -0.05) is 0 Å². The zero-order valence-electron chi connectivity index (χ0n) is 6.09. The number of nitrogens with two attached hydrogens (primary N) is 2. The molecule has 0 rings (SSSR count). The number of methoxy groups -OCH3 is 1. The van der Waals surface area contributed by atoms with E-state index < -0.39 is 11.5 Å². The topological polar surface area (TPSA) is 87.6 Å². The van der Waals surface area contributed by atoms with E-state index >= 15 is 0 Å². The molecule has 10 heavy (non-hydrogen) atoms. The van der Waals surface area contributed by atoms with Crippen LogP contribution in [0, 0.1) is 0 Å². The SMILES string of the molecule is COC(=O)[C@](C)(N)CON. The molecule has 0 saturated heterocycles. The molecule has 0 fully saturated rings. The monoisotopic (exact) mass is 148 g/mol. The first kappa shape index (κ1) is 9.35. The third-order valence-electron chi connectivity index (χ3n) is 1.03. The van der Waals surface area contributed by atoms with Crippen LogP contribution in [0.25, 0.3) is 0 Å². The van der Waals surface area contributed by atoms with E-state index in [-0.39, 0.29) is 6.61 Å². The van der Waals surface area contributed by atoms with Gasteiger partial charge in [-0.15, -0.1) is 0 Å². The summed E-state index contributed by atoms with van der Waals surface area (Å²) in [5.74, 6) is 4.18. The number of hydrogen-bond acceptors (Lipinski definition) is 5. The van der Waals surface area contributed by atoms with Crippen molar-refractivity contribution in [2.75, 3.05) is 13.7 Å². The second kappa shape index (κ2) is 3.50. The maximum Gasteiger partial charge on any atom is 0.328 e. The van der Waals surface area contributed by atoms with Gasteiger partial charge in [0.25, 0.3) is 0 Å². The van der Waals surface area contributed by atoms with Crippen molar-refractivity contribution >= 4 is 5.97 Å². The van der Waals surface area contributed by atoms with Crippen molar-refractivity contribution in [3.05, 3.63) is 0 Å². The van der Waals surface area contributed by atoms with Gasteiger partial charge in [-0.05, 0) is 6.92 Å². The zero-order chi connectivity index (χ0) is 8.20. The maximum atomic E-state index is 10.7. The summed E-state index contributed by atoms with van der Waals surface area (Å²) in [6, 6.07) is 0. The van der Waals surface area contributed by atoms with Gasteiger partial charge < -0.3 is 15.3 Å². The highest BCUT2D eigenvalue weighted by Crippen LogP contribution is 2.00. The van der Waals surface area contributed by atoms with Crippen molar-refractivity contribution < 1.29 is 14.4 Å². The lowest BCUT2D eigenvalue weighted by Gasteiger charge is -2.18. The minimum Gasteiger partial charge on any atom is -0.468 e. The molecule has 0 amide bonds. The van der Waals surface area contributed by atoms with Crippen molar-refractivity contribution in [3.8, 4) is 0 Å². The van der Waals surface area contributed by atoms with Crippen molar-refractivity contribution in [1.82, 2.24) is 0 Å². The highest BCUT2D eigenvalue weighted by molar-refractivity contribution is 5.80. The fourth-order valence-electron chi connectivity index (χ4n) is 0.465. The number of hydrogen-bond donors (Lipinski definition) is 2. The molecule has 0 aromatic heterocycles. The summed E-state index contributed by atoms with van der Waals surface area (Å²) >= 11 is 0. The summed E-state index contributed by atoms with van der Waals surface area (Å²) in [6.07, 6.45) is 0. The van der Waals surface area contributed by atoms with Crippen molar-refractivity contribution in [2.45, 2.75) is 12.5 Å². The van der Waals surface area contributed by atoms with E-state index in [1.54, 1.807) is 0 Å². The molecule has 0 aromatic carbocycles. The zero-order valence-corrected chi connectivity index (χ0v) is 6.09. The Morgan fingerprint density at radius 3 is 2.50 bits per heavy atom. The summed E-state index contributed by atoms with van der Waals surface area (Å²) in [7, 11) is 1.25. The van der Waals surface area contributed by atoms with Gasteiger partial charge >= 0.3 is 5.97 Å². The van der Waals surface area contributed by atoms with Crippen LogP contribution in [-0.4, -0.2) is 25.2 Å². The molecule has 0 spiro atoms. The Kier molecular flexibility index (Phi) is 3.27. The molecule has 0 aliphatic heterocycles. The first-order valence-corrected chi connectivity index (χ1v) is 2.73. The van der Waals surface area contributed by atoms with E-state index in [0.29, 0.717) is 0 Å². The van der Waals surface area contributed by atoms with Crippen molar-refractivity contribution in [1.29, 1.82) is 0 Å². The fourth-order valence-corrected chi connectivity index (χ4v) is 0.465. The molecular formula is C5H12N2O3. The second-order valence-corrected chi connectivity index (χ2v) is 2.22. The Balaban J connectivity index is 3.96. The quantitative estimate of drug-likeness (QED) is 0.386. The lowest BCUT2D eigenvalue weighted by Crippen LogP contribution is -2.50. The maximum absolute atomic E-state index is 10.7. The predicted octanol–water partition coefficient (Wildman–Crippen LogP) is -1.23. The van der Waals surface area contributed by atoms with Gasteiger partial charge in [0.1, 0.15) is 5.54 Å². The molecule has 5 nitrogen and oxygen atoms in total. The first-order chi connectivity index (χ1) is 4.54. The van der Waals surface area contributed by atoms with Crippen LogP contribution in [0.3, 0.4) is 0 Å². The van der Waals surface area contributed by atoms with Gasteiger partial charge in [0.15, 0.2) is 0 Å². The van der Waals surface area contributed by atoms with E-state index in [0.717, 1.165) is 0 Å². The third-order valence-corrected chi connectivity index (χ3v) is 1.03. The van der Waals surface area contributed by atoms with Gasteiger partial charge in [0.05, 0.1) is 13.7 Å². The second-order valence-electron chi connectivity index (χ2n) is 2.22. The molecular weight excluding hydrogens is 136 g/mol. The molecule has 60 valence electrons. The number of esters is 1. The molecule has 0 saturated carbocycles. The number of rotatable bonds is 3. The van der Waals surface area contributed by atoms with Gasteiger partial charge in [0.2, 0.25) is 0 Å². The Bertz CT molecular complexity index is 124. The molecule has 4 N–H and O–H groups in total. The van der Waals surface area contributed by atoms with E-state index in [1.165, 1.54) is 14.0 Å². The molecule has 1 atom stereocenters. The molecule has 0 bridgehead atoms. The number of carbonyl (C=O) groups excluding carboxylic acids is 1. The van der Waals surface area contributed by atoms with E-state index in [1.807, 2.05) is 0 Å². The highest BCUT2D eigenvalue weighted by Gasteiger charge is 2.29. The molecule has 0 aromatic rings. The van der Waals surface area contributed by atoms with Crippen LogP contribution in [0.15, 0.2) is 0 Å². The minimum absolute atomic E-state index is 0.0559. The summed E-state index contributed by atoms with van der Waals surface area (Å²) in [5, 5.41) is 0. The van der Waals surface area contributed by atoms with Gasteiger partial charge in [-0.2, -0.15) is 0 Å². The van der Waals surface area contributed by atoms with Crippen LogP contribution in [0.4, 0.5) is 0 Å². The van der Waals surface area contributed by atoms with Gasteiger partial charge in [-0.3, -0.25) is 0 Å². The largest absolute Gasteiger partial charge is 0.468 e. The Labute approximate surface area is 59.2 Å². The van der Waals surface area contributed by atoms with Crippen LogP contribution in [0.5, 0.6) is 0 Å². The first-order valence-electron chi connectivity index (χ1n) is 2.73. The van der Waals surface area contributed by atoms with Crippen LogP contribution in [0.2, 0.25) is 0 Å². The lowest BCUT2D eigenvalue weighted by molar-refractivity contribution is -0.148. The van der Waals surface area contributed by atoms with Crippen LogP contribution in [-0.2, 0) is 14.4 Å². The van der Waals surface area contributed by atoms with Crippen LogP contribution in [0.1, 0.15) is 6.92 Å². The van der Waals surface area contributed by atoms with E-state index in [9.17, 15) is 4.79 Å². The minimum atomic E-state index is -1.15. The van der Waals surface area contributed by atoms with Crippen LogP contribution < -0.4 is 11.6 Å². The molecule has 0 radical (unpaired) electrons. The van der Waals surface area contributed by atoms with Gasteiger partial charge in [0, 0.05) is 0 Å². The Hall–Kier alpha value is -0.650. The summed E-state index contributed by atoms with van der Waals surface area (Å²) in [6.45, 7) is 1.42. The van der Waals surface area contributed by atoms with Gasteiger partial charge in [-0.25, -0.2) is 10.7 Å². The van der Waals surface area contributed by atoms with E-state index in [2.05, 4.69) is 9.57 Å². The molecule has 0 heterocycles. The average molecular weight is 148 g/mol. The average Bonchev–Trinajstić information content (AvgIpc) is 1.86. The van der Waals surface area contributed by atoms with Crippen LogP contribution >= 0.6 is 0 Å². The summed E-state index contributed by atoms with van der Waals surface area (Å²) in [4.78, 5) is 14.9. The summed E-state index contributed by atoms with van der Waals surface area (Å²) < 4.78 is 4.37. The smallest absolute Gasteiger partial charge is 0.328 e. The fraction of sp³-hybridized carbons (Fsp3) is 0.800. The molecule has 0 aliphatic rings. The highest BCUT2D eigenvalue weighted by atomic mass is 16.6. The lowest BCUT2D eigenvalue weighted by atomic mass is 10.1. The molecule has 0 unspecified atom stereocenters. The number of ether oxygens (including phenoxy) is 1. The molecule has 5 heteroatoms. The Morgan fingerprint density at radius 2 is 2.20 bits per heavy atom. The predicted molar refractivity (Wildman–Crippen MR) is 34.7 cm³/mol. The Morgan fingerprint density at radius 1 is 1.70 bits per heavy atom. The normalized spacial score (nSPS) is 16.0. The van der Waals surface area contributed by atoms with Crippen molar-refractivity contribution in [3.63, 3.8) is 0 Å². The standard InChI is InChI=1S/C5H12N2O3/c1-5(6,3-10-7)4(8)9-2/h3,6-7H2,1-2H3/t5-/m1/s1. The number of carbonyl (C=O) groups is 1. The molecule has 0 aliphatic carbocycles. The van der Waals surface area contributed by atoms with E-state index in [4.69, 9.17) is 11.6 Å². The summed E-state index contributed by atoms with van der Waals surface area (Å²) in [5.41, 5.74) is 4.25. The third kappa shape index (κ3) is 2.30. The van der Waals surface area contributed by atoms with Crippen molar-refractivity contribution in [2.24, 2.45) is 11.6 Å².